The largest absolute Gasteiger partial charge is 0.493 e. The lowest BCUT2D eigenvalue weighted by molar-refractivity contribution is 0.292. The molecule has 0 aliphatic carbocycles. The first kappa shape index (κ1) is 18.1. The van der Waals surface area contributed by atoms with Crippen molar-refractivity contribution in [1.82, 2.24) is 9.97 Å². The number of nitriles is 1. The van der Waals surface area contributed by atoms with Crippen molar-refractivity contribution in [3.63, 3.8) is 0 Å². The smallest absolute Gasteiger partial charge is 0.222 e. The maximum Gasteiger partial charge on any atom is 0.222 e. The normalized spacial score (nSPS) is 10.1. The van der Waals surface area contributed by atoms with Gasteiger partial charge in [0.1, 0.15) is 17.5 Å². The minimum absolute atomic E-state index is 0.00190. The topological polar surface area (TPSA) is 120 Å². The van der Waals surface area contributed by atoms with Crippen molar-refractivity contribution in [3.05, 3.63) is 35.9 Å². The Hall–Kier alpha value is -3.27. The first-order chi connectivity index (χ1) is 12.0. The minimum Gasteiger partial charge on any atom is -0.493 e. The number of ether oxygens (including phenoxy) is 2. The van der Waals surface area contributed by atoms with E-state index in [2.05, 4.69) is 16.5 Å². The number of anilines is 2. The number of rotatable bonds is 7. The Bertz CT molecular complexity index is 827. The van der Waals surface area contributed by atoms with Gasteiger partial charge in [-0.1, -0.05) is 13.0 Å². The molecular formula is C18H21N5O2. The van der Waals surface area contributed by atoms with E-state index >= 15 is 0 Å². The number of aromatic nitrogens is 2. The Balaban J connectivity index is 2.70. The van der Waals surface area contributed by atoms with Crippen LogP contribution in [0.4, 0.5) is 11.8 Å². The van der Waals surface area contributed by atoms with Crippen molar-refractivity contribution in [2.75, 3.05) is 25.2 Å². The molecule has 0 amide bonds. The van der Waals surface area contributed by atoms with Gasteiger partial charge in [-0.3, -0.25) is 0 Å². The molecule has 7 nitrogen and oxygen atoms in total. The van der Waals surface area contributed by atoms with Crippen LogP contribution in [0.3, 0.4) is 0 Å². The van der Waals surface area contributed by atoms with E-state index < -0.39 is 0 Å². The molecule has 0 saturated carbocycles. The van der Waals surface area contributed by atoms with Gasteiger partial charge >= 0.3 is 0 Å². The zero-order valence-corrected chi connectivity index (χ0v) is 14.4. The summed E-state index contributed by atoms with van der Waals surface area (Å²) < 4.78 is 11.3. The summed E-state index contributed by atoms with van der Waals surface area (Å²) in [5, 5.41) is 9.40. The number of allylic oxidation sites excluding steroid dienone is 1. The fourth-order valence-corrected chi connectivity index (χ4v) is 2.44. The molecule has 4 N–H and O–H groups in total. The number of nitrogens with two attached hydrogens (primary N) is 2. The SMILES string of the molecule is C=CCc1cc(-c2nc(N)nc(N)c2C#N)cc(OC)c1OCCC. The lowest BCUT2D eigenvalue weighted by Gasteiger charge is -2.16. The van der Waals surface area contributed by atoms with Gasteiger partial charge in [0.15, 0.2) is 11.5 Å². The first-order valence-corrected chi connectivity index (χ1v) is 7.83. The summed E-state index contributed by atoms with van der Waals surface area (Å²) in [7, 11) is 1.56. The summed E-state index contributed by atoms with van der Waals surface area (Å²) in [6, 6.07) is 5.65. The van der Waals surface area contributed by atoms with Crippen LogP contribution < -0.4 is 20.9 Å². The van der Waals surface area contributed by atoms with Gasteiger partial charge in [0.25, 0.3) is 0 Å². The first-order valence-electron chi connectivity index (χ1n) is 7.83. The second-order valence-corrected chi connectivity index (χ2v) is 5.31. The van der Waals surface area contributed by atoms with Gasteiger partial charge in [0.05, 0.1) is 19.4 Å². The van der Waals surface area contributed by atoms with Crippen LogP contribution in [0.15, 0.2) is 24.8 Å². The molecular weight excluding hydrogens is 318 g/mol. The van der Waals surface area contributed by atoms with Crippen LogP contribution >= 0.6 is 0 Å². The molecule has 0 fully saturated rings. The third kappa shape index (κ3) is 3.80. The highest BCUT2D eigenvalue weighted by atomic mass is 16.5. The highest BCUT2D eigenvalue weighted by molar-refractivity contribution is 5.75. The van der Waals surface area contributed by atoms with Gasteiger partial charge in [-0.2, -0.15) is 10.2 Å². The second-order valence-electron chi connectivity index (χ2n) is 5.31. The Morgan fingerprint density at radius 3 is 2.68 bits per heavy atom. The predicted octanol–water partition coefficient (Wildman–Crippen LogP) is 2.71. The number of nitrogen functional groups attached to an aromatic ring is 2. The predicted molar refractivity (Wildman–Crippen MR) is 97.2 cm³/mol. The van der Waals surface area contributed by atoms with E-state index in [1.807, 2.05) is 19.1 Å². The molecule has 130 valence electrons. The summed E-state index contributed by atoms with van der Waals surface area (Å²) in [4.78, 5) is 8.03. The molecule has 0 unspecified atom stereocenters. The van der Waals surface area contributed by atoms with Crippen LogP contribution in [0.5, 0.6) is 11.5 Å². The van der Waals surface area contributed by atoms with Crippen LogP contribution in [0, 0.1) is 11.3 Å². The number of hydrogen-bond donors (Lipinski definition) is 2. The molecule has 25 heavy (non-hydrogen) atoms. The van der Waals surface area contributed by atoms with Gasteiger partial charge in [-0.25, -0.2) is 4.98 Å². The van der Waals surface area contributed by atoms with Crippen molar-refractivity contribution in [2.45, 2.75) is 19.8 Å². The molecule has 1 aromatic carbocycles. The third-order valence-corrected chi connectivity index (χ3v) is 3.51. The van der Waals surface area contributed by atoms with E-state index in [0.717, 1.165) is 12.0 Å². The molecule has 1 heterocycles. The molecule has 0 saturated heterocycles. The lowest BCUT2D eigenvalue weighted by Crippen LogP contribution is -2.06. The maximum absolute atomic E-state index is 9.40. The Labute approximate surface area is 146 Å². The number of hydrogen-bond acceptors (Lipinski definition) is 7. The van der Waals surface area contributed by atoms with Crippen molar-refractivity contribution in [1.29, 1.82) is 5.26 Å². The molecule has 0 radical (unpaired) electrons. The van der Waals surface area contributed by atoms with E-state index in [1.165, 1.54) is 0 Å². The van der Waals surface area contributed by atoms with Gasteiger partial charge in [0.2, 0.25) is 5.95 Å². The summed E-state index contributed by atoms with van der Waals surface area (Å²) in [6.45, 7) is 6.38. The van der Waals surface area contributed by atoms with E-state index in [1.54, 1.807) is 19.3 Å². The highest BCUT2D eigenvalue weighted by Gasteiger charge is 2.18. The Morgan fingerprint density at radius 1 is 1.32 bits per heavy atom. The minimum atomic E-state index is 0.00190. The molecule has 0 atom stereocenters. The van der Waals surface area contributed by atoms with Gasteiger partial charge in [-0.05, 0) is 25.0 Å². The second kappa shape index (κ2) is 8.02. The van der Waals surface area contributed by atoms with Crippen LogP contribution in [-0.2, 0) is 6.42 Å². The van der Waals surface area contributed by atoms with Crippen molar-refractivity contribution in [3.8, 4) is 28.8 Å². The van der Waals surface area contributed by atoms with Crippen LogP contribution in [0.1, 0.15) is 24.5 Å². The maximum atomic E-state index is 9.40. The van der Waals surface area contributed by atoms with Crippen LogP contribution in [0.25, 0.3) is 11.3 Å². The molecule has 0 bridgehead atoms. The summed E-state index contributed by atoms with van der Waals surface area (Å²) in [6.07, 6.45) is 3.21. The highest BCUT2D eigenvalue weighted by Crippen LogP contribution is 2.38. The van der Waals surface area contributed by atoms with E-state index in [4.69, 9.17) is 20.9 Å². The third-order valence-electron chi connectivity index (χ3n) is 3.51. The lowest BCUT2D eigenvalue weighted by atomic mass is 10.0. The molecule has 0 spiro atoms. The quantitative estimate of drug-likeness (QED) is 0.744. The number of nitrogens with zero attached hydrogens (tertiary/aromatic N) is 3. The van der Waals surface area contributed by atoms with Crippen molar-refractivity contribution < 1.29 is 9.47 Å². The van der Waals surface area contributed by atoms with E-state index in [-0.39, 0.29) is 17.3 Å². The summed E-state index contributed by atoms with van der Waals surface area (Å²) >= 11 is 0. The standard InChI is InChI=1S/C18H21N5O2/c1-4-6-11-8-12(9-14(24-3)16(11)25-7-5-2)15-13(10-19)17(20)23-18(21)22-15/h4,8-9H,1,5-7H2,2-3H3,(H4,20,21,22,23). The van der Waals surface area contributed by atoms with Crippen molar-refractivity contribution in [2.24, 2.45) is 0 Å². The number of methoxy groups -OCH3 is 1. The van der Waals surface area contributed by atoms with Crippen LogP contribution in [-0.4, -0.2) is 23.7 Å². The average molecular weight is 339 g/mol. The molecule has 1 aromatic heterocycles. The number of benzene rings is 1. The molecule has 2 aromatic rings. The molecule has 7 heteroatoms. The molecule has 0 aliphatic heterocycles. The average Bonchev–Trinajstić information content (AvgIpc) is 2.59. The Morgan fingerprint density at radius 2 is 2.08 bits per heavy atom. The van der Waals surface area contributed by atoms with Crippen molar-refractivity contribution >= 4 is 11.8 Å². The summed E-state index contributed by atoms with van der Waals surface area (Å²) in [5.74, 6) is 1.24. The molecule has 0 aliphatic rings. The van der Waals surface area contributed by atoms with Crippen LogP contribution in [0.2, 0.25) is 0 Å². The molecule has 2 rings (SSSR count). The summed E-state index contributed by atoms with van der Waals surface area (Å²) in [5.41, 5.74) is 13.6. The van der Waals surface area contributed by atoms with E-state index in [0.29, 0.717) is 35.8 Å². The van der Waals surface area contributed by atoms with Gasteiger partial charge in [-0.15, -0.1) is 6.58 Å². The zero-order chi connectivity index (χ0) is 18.4. The fourth-order valence-electron chi connectivity index (χ4n) is 2.44. The monoisotopic (exact) mass is 339 g/mol. The zero-order valence-electron chi connectivity index (χ0n) is 14.4. The van der Waals surface area contributed by atoms with Gasteiger partial charge < -0.3 is 20.9 Å². The fraction of sp³-hybridized carbons (Fsp3) is 0.278. The Kier molecular flexibility index (Phi) is 5.79. The van der Waals surface area contributed by atoms with E-state index in [9.17, 15) is 5.26 Å². The van der Waals surface area contributed by atoms with Gasteiger partial charge in [0, 0.05) is 11.1 Å².